The van der Waals surface area contributed by atoms with Gasteiger partial charge in [0.05, 0.1) is 4.90 Å². The van der Waals surface area contributed by atoms with Gasteiger partial charge in [-0.2, -0.15) is 0 Å². The Hall–Kier alpha value is -1.66. The highest BCUT2D eigenvalue weighted by Crippen LogP contribution is 2.24. The Kier molecular flexibility index (Phi) is 4.25. The van der Waals surface area contributed by atoms with Gasteiger partial charge in [-0.25, -0.2) is 8.42 Å². The zero-order chi connectivity index (χ0) is 14.8. The summed E-state index contributed by atoms with van der Waals surface area (Å²) >= 11 is 1.56. The largest absolute Gasteiger partial charge is 0.399 e. The van der Waals surface area contributed by atoms with E-state index in [4.69, 9.17) is 5.73 Å². The molecule has 2 rings (SSSR count). The highest BCUT2D eigenvalue weighted by molar-refractivity contribution is 7.98. The number of benzene rings is 2. The van der Waals surface area contributed by atoms with E-state index in [1.807, 2.05) is 18.4 Å². The number of hydrogen-bond acceptors (Lipinski definition) is 4. The van der Waals surface area contributed by atoms with E-state index < -0.39 is 10.0 Å². The summed E-state index contributed by atoms with van der Waals surface area (Å²) in [6.45, 7) is 1.73. The van der Waals surface area contributed by atoms with Gasteiger partial charge in [-0.15, -0.1) is 11.8 Å². The minimum Gasteiger partial charge on any atom is -0.399 e. The molecule has 0 atom stereocenters. The lowest BCUT2D eigenvalue weighted by molar-refractivity contribution is 0.600. The van der Waals surface area contributed by atoms with E-state index in [9.17, 15) is 8.42 Å². The molecule has 0 fully saturated rings. The minimum absolute atomic E-state index is 0.237. The molecular formula is C14H16N2O2S2. The van der Waals surface area contributed by atoms with Gasteiger partial charge >= 0.3 is 0 Å². The van der Waals surface area contributed by atoms with Gasteiger partial charge in [-0.05, 0) is 55.1 Å². The molecule has 0 aliphatic heterocycles. The fourth-order valence-electron chi connectivity index (χ4n) is 1.87. The molecule has 6 heteroatoms. The third-order valence-corrected chi connectivity index (χ3v) is 5.08. The Morgan fingerprint density at radius 3 is 2.55 bits per heavy atom. The number of aryl methyl sites for hydroxylation is 1. The van der Waals surface area contributed by atoms with Crippen LogP contribution in [0.25, 0.3) is 0 Å². The zero-order valence-electron chi connectivity index (χ0n) is 11.3. The molecule has 0 heterocycles. The lowest BCUT2D eigenvalue weighted by Gasteiger charge is -2.11. The molecule has 2 aromatic carbocycles. The van der Waals surface area contributed by atoms with E-state index in [-0.39, 0.29) is 4.90 Å². The van der Waals surface area contributed by atoms with Crippen molar-refractivity contribution in [3.8, 4) is 0 Å². The van der Waals surface area contributed by atoms with E-state index in [1.165, 1.54) is 6.07 Å². The number of anilines is 2. The average Bonchev–Trinajstić information content (AvgIpc) is 2.37. The maximum absolute atomic E-state index is 12.4. The standard InChI is InChI=1S/C14H16N2O2S2/c1-10-8-11(15)6-7-14(10)20(17,18)16-12-4-3-5-13(9-12)19-2/h3-9,16H,15H2,1-2H3. The fourth-order valence-corrected chi connectivity index (χ4v) is 3.61. The summed E-state index contributed by atoms with van der Waals surface area (Å²) < 4.78 is 27.3. The van der Waals surface area contributed by atoms with Crippen molar-refractivity contribution in [3.63, 3.8) is 0 Å². The maximum atomic E-state index is 12.4. The summed E-state index contributed by atoms with van der Waals surface area (Å²) in [5.74, 6) is 0. The predicted molar refractivity (Wildman–Crippen MR) is 84.6 cm³/mol. The van der Waals surface area contributed by atoms with Crippen LogP contribution in [0.15, 0.2) is 52.3 Å². The Labute approximate surface area is 123 Å². The third-order valence-electron chi connectivity index (χ3n) is 2.81. The van der Waals surface area contributed by atoms with Crippen molar-refractivity contribution in [3.05, 3.63) is 48.0 Å². The quantitative estimate of drug-likeness (QED) is 0.672. The van der Waals surface area contributed by atoms with Crippen molar-refractivity contribution in [2.75, 3.05) is 16.7 Å². The molecule has 0 aromatic heterocycles. The second-order valence-electron chi connectivity index (χ2n) is 4.36. The summed E-state index contributed by atoms with van der Waals surface area (Å²) in [7, 11) is -3.60. The lowest BCUT2D eigenvalue weighted by Crippen LogP contribution is -2.14. The monoisotopic (exact) mass is 308 g/mol. The number of rotatable bonds is 4. The van der Waals surface area contributed by atoms with Gasteiger partial charge in [0.2, 0.25) is 0 Å². The molecule has 4 nitrogen and oxygen atoms in total. The highest BCUT2D eigenvalue weighted by atomic mass is 32.2. The molecule has 0 amide bonds. The van der Waals surface area contributed by atoms with Gasteiger partial charge in [0.15, 0.2) is 0 Å². The van der Waals surface area contributed by atoms with Crippen LogP contribution in [-0.4, -0.2) is 14.7 Å². The molecule has 0 aliphatic rings. The molecule has 0 saturated heterocycles. The first-order valence-electron chi connectivity index (χ1n) is 5.95. The van der Waals surface area contributed by atoms with Gasteiger partial charge < -0.3 is 5.73 Å². The van der Waals surface area contributed by atoms with Crippen molar-refractivity contribution in [1.82, 2.24) is 0 Å². The minimum atomic E-state index is -3.60. The van der Waals surface area contributed by atoms with Crippen LogP contribution in [0.1, 0.15) is 5.56 Å². The first-order chi connectivity index (χ1) is 9.42. The molecule has 0 radical (unpaired) electrons. The van der Waals surface area contributed by atoms with Crippen molar-refractivity contribution >= 4 is 33.2 Å². The van der Waals surface area contributed by atoms with Gasteiger partial charge in [0.25, 0.3) is 10.0 Å². The van der Waals surface area contributed by atoms with Crippen LogP contribution < -0.4 is 10.5 Å². The molecule has 3 N–H and O–H groups in total. The topological polar surface area (TPSA) is 72.2 Å². The van der Waals surface area contributed by atoms with E-state index in [2.05, 4.69) is 4.72 Å². The summed E-state index contributed by atoms with van der Waals surface area (Å²) in [4.78, 5) is 1.24. The van der Waals surface area contributed by atoms with Crippen molar-refractivity contribution in [2.24, 2.45) is 0 Å². The molecule has 0 bridgehead atoms. The van der Waals surface area contributed by atoms with Crippen LogP contribution in [0.4, 0.5) is 11.4 Å². The number of sulfonamides is 1. The molecule has 106 valence electrons. The number of nitrogen functional groups attached to an aromatic ring is 1. The van der Waals surface area contributed by atoms with E-state index in [1.54, 1.807) is 43.0 Å². The smallest absolute Gasteiger partial charge is 0.262 e. The zero-order valence-corrected chi connectivity index (χ0v) is 12.9. The van der Waals surface area contributed by atoms with Crippen LogP contribution in [0, 0.1) is 6.92 Å². The van der Waals surface area contributed by atoms with Crippen molar-refractivity contribution in [2.45, 2.75) is 16.7 Å². The Morgan fingerprint density at radius 2 is 1.90 bits per heavy atom. The average molecular weight is 308 g/mol. The number of hydrogen-bond donors (Lipinski definition) is 2. The molecule has 0 unspecified atom stereocenters. The van der Waals surface area contributed by atoms with Crippen LogP contribution in [0.2, 0.25) is 0 Å². The number of thioether (sulfide) groups is 1. The Morgan fingerprint density at radius 1 is 1.15 bits per heavy atom. The van der Waals surface area contributed by atoms with E-state index >= 15 is 0 Å². The first kappa shape index (κ1) is 14.7. The van der Waals surface area contributed by atoms with Crippen LogP contribution in [0.3, 0.4) is 0 Å². The van der Waals surface area contributed by atoms with Gasteiger partial charge in [-0.3, -0.25) is 4.72 Å². The SMILES string of the molecule is CSc1cccc(NS(=O)(=O)c2ccc(N)cc2C)c1. The van der Waals surface area contributed by atoms with Crippen molar-refractivity contribution in [1.29, 1.82) is 0 Å². The summed E-state index contributed by atoms with van der Waals surface area (Å²) in [5, 5.41) is 0. The molecule has 0 spiro atoms. The summed E-state index contributed by atoms with van der Waals surface area (Å²) in [6.07, 6.45) is 1.94. The first-order valence-corrected chi connectivity index (χ1v) is 8.66. The van der Waals surface area contributed by atoms with Gasteiger partial charge in [0, 0.05) is 16.3 Å². The lowest BCUT2D eigenvalue weighted by atomic mass is 10.2. The molecular weight excluding hydrogens is 292 g/mol. The van der Waals surface area contributed by atoms with Gasteiger partial charge in [-0.1, -0.05) is 6.07 Å². The van der Waals surface area contributed by atoms with Crippen LogP contribution in [-0.2, 0) is 10.0 Å². The number of nitrogens with two attached hydrogens (primary N) is 1. The van der Waals surface area contributed by atoms with Crippen LogP contribution >= 0.6 is 11.8 Å². The Bertz CT molecular complexity index is 728. The molecule has 0 aliphatic carbocycles. The summed E-state index contributed by atoms with van der Waals surface area (Å²) in [6, 6.07) is 12.0. The normalized spacial score (nSPS) is 11.3. The van der Waals surface area contributed by atoms with Crippen molar-refractivity contribution < 1.29 is 8.42 Å². The van der Waals surface area contributed by atoms with Gasteiger partial charge in [0.1, 0.15) is 0 Å². The number of nitrogens with one attached hydrogen (secondary N) is 1. The van der Waals surface area contributed by atoms with Crippen LogP contribution in [0.5, 0.6) is 0 Å². The third kappa shape index (κ3) is 3.26. The second-order valence-corrected chi connectivity index (χ2v) is 6.89. The summed E-state index contributed by atoms with van der Waals surface area (Å²) in [5.41, 5.74) is 7.36. The maximum Gasteiger partial charge on any atom is 0.262 e. The Balaban J connectivity index is 2.35. The van der Waals surface area contributed by atoms with E-state index in [0.717, 1.165) is 4.90 Å². The second kappa shape index (κ2) is 5.76. The molecule has 20 heavy (non-hydrogen) atoms. The van der Waals surface area contributed by atoms with E-state index in [0.29, 0.717) is 16.9 Å². The molecule has 2 aromatic rings. The predicted octanol–water partition coefficient (Wildman–Crippen LogP) is 3.10. The fraction of sp³-hybridized carbons (Fsp3) is 0.143. The molecule has 0 saturated carbocycles. The highest BCUT2D eigenvalue weighted by Gasteiger charge is 2.17.